The van der Waals surface area contributed by atoms with Crippen LogP contribution in [-0.2, 0) is 28.8 Å². The van der Waals surface area contributed by atoms with Gasteiger partial charge in [-0.05, 0) is 13.8 Å². The van der Waals surface area contributed by atoms with E-state index in [2.05, 4.69) is 0 Å². The molecular weight excluding hydrogens is 272 g/mol. The van der Waals surface area contributed by atoms with Crippen molar-refractivity contribution in [3.05, 3.63) is 0 Å². The molecule has 0 spiro atoms. The molecular formula is C12H18O8. The van der Waals surface area contributed by atoms with Gasteiger partial charge in [-0.15, -0.1) is 0 Å². The van der Waals surface area contributed by atoms with E-state index in [1.165, 1.54) is 27.7 Å². The number of carbonyl (C=O) groups excluding carboxylic acids is 4. The number of carboxylic acids is 2. The van der Waals surface area contributed by atoms with Crippen LogP contribution in [0.2, 0.25) is 0 Å². The minimum atomic E-state index is -1.06. The maximum atomic E-state index is 9.87. The number of hydrogen-bond acceptors (Lipinski definition) is 6. The molecule has 0 aliphatic rings. The Morgan fingerprint density at radius 1 is 0.600 bits per heavy atom. The van der Waals surface area contributed by atoms with Gasteiger partial charge in [0.1, 0.15) is 24.4 Å². The van der Waals surface area contributed by atoms with E-state index in [1.807, 2.05) is 0 Å². The van der Waals surface area contributed by atoms with E-state index in [-0.39, 0.29) is 36.0 Å². The lowest BCUT2D eigenvalue weighted by Gasteiger charge is -1.80. The predicted octanol–water partition coefficient (Wildman–Crippen LogP) is 0.265. The maximum absolute atomic E-state index is 9.87. The quantitative estimate of drug-likeness (QED) is 0.542. The average molecular weight is 290 g/mol. The molecule has 0 bridgehead atoms. The first kappa shape index (κ1) is 22.8. The molecule has 0 saturated carbocycles. The van der Waals surface area contributed by atoms with Gasteiger partial charge in [-0.3, -0.25) is 28.8 Å². The van der Waals surface area contributed by atoms with Crippen LogP contribution in [0.1, 0.15) is 40.5 Å². The molecule has 0 aromatic carbocycles. The minimum absolute atomic E-state index is 0.312. The van der Waals surface area contributed by atoms with E-state index in [9.17, 15) is 28.8 Å². The lowest BCUT2D eigenvalue weighted by Crippen LogP contribution is -2.01. The smallest absolute Gasteiger partial charge is 0.310 e. The van der Waals surface area contributed by atoms with Crippen molar-refractivity contribution >= 4 is 35.1 Å². The summed E-state index contributed by atoms with van der Waals surface area (Å²) >= 11 is 0. The molecule has 0 amide bonds. The third kappa shape index (κ3) is 36.1. The highest BCUT2D eigenvalue weighted by Crippen LogP contribution is 1.78. The van der Waals surface area contributed by atoms with E-state index in [0.717, 1.165) is 0 Å². The summed E-state index contributed by atoms with van der Waals surface area (Å²) in [5.74, 6) is -3.51. The molecule has 0 aromatic rings. The molecule has 114 valence electrons. The number of Topliss-reactive ketones (excluding diaryl/α,β-unsaturated/α-hetero) is 4. The summed E-state index contributed by atoms with van der Waals surface area (Å²) in [5, 5.41) is 15.7. The monoisotopic (exact) mass is 290 g/mol. The van der Waals surface area contributed by atoms with Gasteiger partial charge in [0, 0.05) is 13.8 Å². The summed E-state index contributed by atoms with van der Waals surface area (Å²) in [6.45, 7) is 4.99. The Morgan fingerprint density at radius 3 is 0.800 bits per heavy atom. The Labute approximate surface area is 115 Å². The van der Waals surface area contributed by atoms with Gasteiger partial charge in [0.25, 0.3) is 0 Å². The number of carbonyl (C=O) groups is 6. The van der Waals surface area contributed by atoms with Crippen LogP contribution in [0.25, 0.3) is 0 Å². The second-order valence-electron chi connectivity index (χ2n) is 3.66. The molecule has 0 heterocycles. The van der Waals surface area contributed by atoms with Crippen molar-refractivity contribution < 1.29 is 39.0 Å². The molecule has 0 radical (unpaired) electrons. The first-order valence-electron chi connectivity index (χ1n) is 5.34. The van der Waals surface area contributed by atoms with Crippen molar-refractivity contribution in [3.63, 3.8) is 0 Å². The van der Waals surface area contributed by atoms with Crippen LogP contribution in [0.15, 0.2) is 0 Å². The Kier molecular flexibility index (Phi) is 14.9. The zero-order valence-corrected chi connectivity index (χ0v) is 11.8. The first-order chi connectivity index (χ1) is 8.89. The largest absolute Gasteiger partial charge is 0.481 e. The van der Waals surface area contributed by atoms with Gasteiger partial charge >= 0.3 is 11.9 Å². The van der Waals surface area contributed by atoms with Crippen LogP contribution < -0.4 is 0 Å². The summed E-state index contributed by atoms with van der Waals surface area (Å²) in [7, 11) is 0. The van der Waals surface area contributed by atoms with Crippen molar-refractivity contribution in [1.82, 2.24) is 0 Å². The standard InChI is InChI=1S/2C4H6O3.C4H6O2/c2*1-3(5)2-4(6)7;1-3(5)4(2)6/h2*2H2,1H3,(H,6,7);1-2H3. The van der Waals surface area contributed by atoms with Gasteiger partial charge < -0.3 is 10.2 Å². The van der Waals surface area contributed by atoms with Crippen molar-refractivity contribution in [1.29, 1.82) is 0 Å². The SMILES string of the molecule is CC(=O)C(C)=O.CC(=O)CC(=O)O.CC(=O)CC(=O)O. The fourth-order valence-corrected chi connectivity index (χ4v) is 0.426. The summed E-state index contributed by atoms with van der Waals surface area (Å²) in [6, 6.07) is 0. The summed E-state index contributed by atoms with van der Waals surface area (Å²) in [4.78, 5) is 58.5. The third-order valence-corrected chi connectivity index (χ3v) is 1.30. The van der Waals surface area contributed by atoms with E-state index in [4.69, 9.17) is 10.2 Å². The Balaban J connectivity index is -0.000000218. The third-order valence-electron chi connectivity index (χ3n) is 1.30. The summed E-state index contributed by atoms with van der Waals surface area (Å²) in [6.07, 6.45) is -0.722. The predicted molar refractivity (Wildman–Crippen MR) is 67.2 cm³/mol. The van der Waals surface area contributed by atoms with Crippen molar-refractivity contribution in [2.24, 2.45) is 0 Å². The van der Waals surface area contributed by atoms with Gasteiger partial charge in [0.15, 0.2) is 11.6 Å². The molecule has 2 N–H and O–H groups in total. The van der Waals surface area contributed by atoms with Gasteiger partial charge in [-0.2, -0.15) is 0 Å². The molecule has 0 rings (SSSR count). The Bertz CT molecular complexity index is 332. The number of aliphatic carboxylic acids is 2. The average Bonchev–Trinajstić information content (AvgIpc) is 2.13. The molecule has 0 saturated heterocycles. The molecule has 0 aliphatic heterocycles. The highest BCUT2D eigenvalue weighted by molar-refractivity contribution is 6.35. The van der Waals surface area contributed by atoms with Gasteiger partial charge in [0.05, 0.1) is 0 Å². The van der Waals surface area contributed by atoms with Crippen molar-refractivity contribution in [2.45, 2.75) is 40.5 Å². The number of hydrogen-bond donors (Lipinski definition) is 2. The van der Waals surface area contributed by atoms with Crippen molar-refractivity contribution in [2.75, 3.05) is 0 Å². The van der Waals surface area contributed by atoms with Crippen LogP contribution in [0.3, 0.4) is 0 Å². The van der Waals surface area contributed by atoms with Gasteiger partial charge in [-0.1, -0.05) is 0 Å². The fourth-order valence-electron chi connectivity index (χ4n) is 0.426. The maximum Gasteiger partial charge on any atom is 0.310 e. The Morgan fingerprint density at radius 2 is 0.800 bits per heavy atom. The zero-order chi connectivity index (χ0) is 16.9. The van der Waals surface area contributed by atoms with E-state index in [1.54, 1.807) is 0 Å². The van der Waals surface area contributed by atoms with Crippen LogP contribution in [0.5, 0.6) is 0 Å². The molecule has 8 nitrogen and oxygen atoms in total. The first-order valence-corrected chi connectivity index (χ1v) is 5.34. The summed E-state index contributed by atoms with van der Waals surface area (Å²) < 4.78 is 0. The van der Waals surface area contributed by atoms with Crippen LogP contribution in [0.4, 0.5) is 0 Å². The number of ketones is 4. The number of rotatable bonds is 5. The lowest BCUT2D eigenvalue weighted by atomic mass is 10.3. The highest BCUT2D eigenvalue weighted by Gasteiger charge is 1.98. The van der Waals surface area contributed by atoms with Crippen molar-refractivity contribution in [3.8, 4) is 0 Å². The topological polar surface area (TPSA) is 143 Å². The van der Waals surface area contributed by atoms with Crippen LogP contribution in [0, 0.1) is 0 Å². The van der Waals surface area contributed by atoms with Crippen LogP contribution >= 0.6 is 0 Å². The van der Waals surface area contributed by atoms with Gasteiger partial charge in [0.2, 0.25) is 0 Å². The molecule has 0 aromatic heterocycles. The molecule has 20 heavy (non-hydrogen) atoms. The van der Waals surface area contributed by atoms with E-state index >= 15 is 0 Å². The highest BCUT2D eigenvalue weighted by atomic mass is 16.4. The second-order valence-corrected chi connectivity index (χ2v) is 3.66. The molecule has 0 fully saturated rings. The second kappa shape index (κ2) is 13.1. The van der Waals surface area contributed by atoms with E-state index in [0.29, 0.717) is 0 Å². The van der Waals surface area contributed by atoms with Crippen LogP contribution in [-0.4, -0.2) is 45.3 Å². The van der Waals surface area contributed by atoms with E-state index < -0.39 is 11.9 Å². The summed E-state index contributed by atoms with van der Waals surface area (Å²) in [5.41, 5.74) is 0. The minimum Gasteiger partial charge on any atom is -0.481 e. The molecule has 0 aliphatic carbocycles. The normalized spacial score (nSPS) is 8.00. The number of carboxylic acid groups (broad SMARTS) is 2. The molecule has 0 unspecified atom stereocenters. The zero-order valence-electron chi connectivity index (χ0n) is 11.8. The fraction of sp³-hybridized carbons (Fsp3) is 0.500. The Hall–Kier alpha value is -2.38. The molecule has 8 heteroatoms. The van der Waals surface area contributed by atoms with Gasteiger partial charge in [-0.25, -0.2) is 0 Å². The lowest BCUT2D eigenvalue weighted by molar-refractivity contribution is -0.141. The molecule has 0 atom stereocenters.